The predicted octanol–water partition coefficient (Wildman–Crippen LogP) is 4.02. The Labute approximate surface area is 181 Å². The highest BCUT2D eigenvalue weighted by Gasteiger charge is 2.24. The summed E-state index contributed by atoms with van der Waals surface area (Å²) < 4.78 is 0.948. The number of amides is 1. The number of anilines is 3. The van der Waals surface area contributed by atoms with Crippen molar-refractivity contribution >= 4 is 50.6 Å². The SMILES string of the molecule is Cc1ccnc(Nc2cc(N3CCN(C(=O)c4cc(Br)cs4)CC3)nc(C)n2)c1. The van der Waals surface area contributed by atoms with Gasteiger partial charge in [0, 0.05) is 48.3 Å². The molecule has 0 aromatic carbocycles. The summed E-state index contributed by atoms with van der Waals surface area (Å²) in [6.07, 6.45) is 1.77. The minimum absolute atomic E-state index is 0.0899. The molecule has 4 heterocycles. The predicted molar refractivity (Wildman–Crippen MR) is 119 cm³/mol. The Bertz CT molecular complexity index is 1030. The summed E-state index contributed by atoms with van der Waals surface area (Å²) in [7, 11) is 0. The Balaban J connectivity index is 1.44. The van der Waals surface area contributed by atoms with Crippen molar-refractivity contribution in [1.82, 2.24) is 19.9 Å². The molecular formula is C20H21BrN6OS. The number of aryl methyl sites for hydroxylation is 2. The van der Waals surface area contributed by atoms with Gasteiger partial charge in [0.25, 0.3) is 5.91 Å². The highest BCUT2D eigenvalue weighted by Crippen LogP contribution is 2.24. The van der Waals surface area contributed by atoms with Crippen LogP contribution in [0.15, 0.2) is 40.3 Å². The quantitative estimate of drug-likeness (QED) is 0.617. The number of hydrogen-bond donors (Lipinski definition) is 1. The number of pyridine rings is 1. The molecule has 0 atom stereocenters. The zero-order valence-corrected chi connectivity index (χ0v) is 18.6. The van der Waals surface area contributed by atoms with Gasteiger partial charge < -0.3 is 15.1 Å². The molecular weight excluding hydrogens is 452 g/mol. The van der Waals surface area contributed by atoms with E-state index in [-0.39, 0.29) is 5.91 Å². The summed E-state index contributed by atoms with van der Waals surface area (Å²) in [6.45, 7) is 6.71. The number of carbonyl (C=O) groups is 1. The van der Waals surface area contributed by atoms with Gasteiger partial charge in [-0.15, -0.1) is 11.3 Å². The molecule has 0 bridgehead atoms. The summed E-state index contributed by atoms with van der Waals surface area (Å²) >= 11 is 4.88. The molecule has 0 saturated carbocycles. The van der Waals surface area contributed by atoms with E-state index in [1.165, 1.54) is 11.3 Å². The lowest BCUT2D eigenvalue weighted by atomic mass is 10.3. The summed E-state index contributed by atoms with van der Waals surface area (Å²) in [5, 5.41) is 5.19. The van der Waals surface area contributed by atoms with E-state index in [9.17, 15) is 4.79 Å². The van der Waals surface area contributed by atoms with Gasteiger partial charge in [-0.3, -0.25) is 4.79 Å². The van der Waals surface area contributed by atoms with Gasteiger partial charge >= 0.3 is 0 Å². The second kappa shape index (κ2) is 8.46. The van der Waals surface area contributed by atoms with Crippen molar-refractivity contribution in [2.24, 2.45) is 0 Å². The van der Waals surface area contributed by atoms with E-state index in [1.807, 2.05) is 48.4 Å². The van der Waals surface area contributed by atoms with Crippen molar-refractivity contribution in [1.29, 1.82) is 0 Å². The second-order valence-electron chi connectivity index (χ2n) is 6.91. The van der Waals surface area contributed by atoms with Crippen molar-refractivity contribution in [3.05, 3.63) is 56.6 Å². The summed E-state index contributed by atoms with van der Waals surface area (Å²) in [4.78, 5) is 30.9. The lowest BCUT2D eigenvalue weighted by Gasteiger charge is -2.35. The minimum atomic E-state index is 0.0899. The third-order valence-corrected chi connectivity index (χ3v) is 6.34. The molecule has 0 unspecified atom stereocenters. The Morgan fingerprint density at radius 3 is 2.59 bits per heavy atom. The first-order valence-electron chi connectivity index (χ1n) is 9.31. The van der Waals surface area contributed by atoms with Crippen LogP contribution in [0.2, 0.25) is 0 Å². The van der Waals surface area contributed by atoms with Crippen LogP contribution >= 0.6 is 27.3 Å². The molecule has 9 heteroatoms. The largest absolute Gasteiger partial charge is 0.353 e. The van der Waals surface area contributed by atoms with Gasteiger partial charge in [0.1, 0.15) is 23.3 Å². The normalized spacial score (nSPS) is 14.2. The number of hydrogen-bond acceptors (Lipinski definition) is 7. The van der Waals surface area contributed by atoms with Gasteiger partial charge in [0.2, 0.25) is 0 Å². The van der Waals surface area contributed by atoms with Crippen LogP contribution in [0.4, 0.5) is 17.5 Å². The molecule has 0 spiro atoms. The highest BCUT2D eigenvalue weighted by molar-refractivity contribution is 9.10. The fraction of sp³-hybridized carbons (Fsp3) is 0.300. The van der Waals surface area contributed by atoms with Gasteiger partial charge in [-0.25, -0.2) is 15.0 Å². The standard InChI is InChI=1S/C20H21BrN6OS/c1-13-3-4-22-17(9-13)25-18-11-19(24-14(2)23-18)26-5-7-27(8-6-26)20(28)16-10-15(21)12-29-16/h3-4,9-12H,5-8H2,1-2H3,(H,22,23,24,25). The molecule has 1 saturated heterocycles. The van der Waals surface area contributed by atoms with E-state index in [1.54, 1.807) is 6.20 Å². The minimum Gasteiger partial charge on any atom is -0.353 e. The number of aromatic nitrogens is 3. The molecule has 4 rings (SSSR count). The van der Waals surface area contributed by atoms with Crippen LogP contribution in [-0.4, -0.2) is 51.9 Å². The fourth-order valence-corrected chi connectivity index (χ4v) is 4.63. The van der Waals surface area contributed by atoms with Crippen LogP contribution in [0.25, 0.3) is 0 Å². The Kier molecular flexibility index (Phi) is 5.77. The van der Waals surface area contributed by atoms with Crippen LogP contribution in [0, 0.1) is 13.8 Å². The first-order chi connectivity index (χ1) is 14.0. The van der Waals surface area contributed by atoms with Crippen LogP contribution in [0.3, 0.4) is 0 Å². The number of thiophene rings is 1. The molecule has 0 aliphatic carbocycles. The smallest absolute Gasteiger partial charge is 0.264 e. The van der Waals surface area contributed by atoms with Gasteiger partial charge in [-0.1, -0.05) is 0 Å². The maximum atomic E-state index is 12.6. The average Bonchev–Trinajstić information content (AvgIpc) is 3.13. The molecule has 1 N–H and O–H groups in total. The molecule has 1 aliphatic rings. The zero-order chi connectivity index (χ0) is 20.4. The van der Waals surface area contributed by atoms with E-state index in [4.69, 9.17) is 0 Å². The third kappa shape index (κ3) is 4.73. The second-order valence-corrected chi connectivity index (χ2v) is 8.74. The lowest BCUT2D eigenvalue weighted by Crippen LogP contribution is -2.49. The number of nitrogens with zero attached hydrogens (tertiary/aromatic N) is 5. The Hall–Kier alpha value is -2.52. The van der Waals surface area contributed by atoms with Crippen LogP contribution in [0.5, 0.6) is 0 Å². The topological polar surface area (TPSA) is 74.2 Å². The van der Waals surface area contributed by atoms with Gasteiger partial charge in [-0.2, -0.15) is 0 Å². The lowest BCUT2D eigenvalue weighted by molar-refractivity contribution is 0.0751. The highest BCUT2D eigenvalue weighted by atomic mass is 79.9. The molecule has 3 aromatic rings. The molecule has 1 amide bonds. The maximum Gasteiger partial charge on any atom is 0.264 e. The summed E-state index contributed by atoms with van der Waals surface area (Å²) in [5.41, 5.74) is 1.13. The van der Waals surface area contributed by atoms with E-state index >= 15 is 0 Å². The number of halogens is 1. The Morgan fingerprint density at radius 2 is 1.90 bits per heavy atom. The molecule has 0 radical (unpaired) electrons. The Morgan fingerprint density at radius 1 is 1.10 bits per heavy atom. The van der Waals surface area contributed by atoms with E-state index < -0.39 is 0 Å². The van der Waals surface area contributed by atoms with Gasteiger partial charge in [0.15, 0.2) is 0 Å². The van der Waals surface area contributed by atoms with Crippen molar-refractivity contribution in [3.8, 4) is 0 Å². The molecule has 150 valence electrons. The summed E-state index contributed by atoms with van der Waals surface area (Å²) in [6, 6.07) is 7.75. The van der Waals surface area contributed by atoms with Crippen molar-refractivity contribution in [2.45, 2.75) is 13.8 Å². The number of nitrogens with one attached hydrogen (secondary N) is 1. The molecule has 7 nitrogen and oxygen atoms in total. The zero-order valence-electron chi connectivity index (χ0n) is 16.2. The van der Waals surface area contributed by atoms with E-state index in [0.29, 0.717) is 24.7 Å². The van der Waals surface area contributed by atoms with Crippen LogP contribution in [0.1, 0.15) is 21.1 Å². The number of rotatable bonds is 4. The van der Waals surface area contributed by atoms with E-state index in [0.717, 1.165) is 39.6 Å². The molecule has 1 fully saturated rings. The van der Waals surface area contributed by atoms with Crippen molar-refractivity contribution in [2.75, 3.05) is 36.4 Å². The first kappa shape index (κ1) is 19.8. The average molecular weight is 473 g/mol. The van der Waals surface area contributed by atoms with Crippen LogP contribution in [-0.2, 0) is 0 Å². The maximum absolute atomic E-state index is 12.6. The van der Waals surface area contributed by atoms with Crippen LogP contribution < -0.4 is 10.2 Å². The number of carbonyl (C=O) groups excluding carboxylic acids is 1. The van der Waals surface area contributed by atoms with Gasteiger partial charge in [0.05, 0.1) is 4.88 Å². The van der Waals surface area contributed by atoms with Crippen molar-refractivity contribution < 1.29 is 4.79 Å². The molecule has 3 aromatic heterocycles. The monoisotopic (exact) mass is 472 g/mol. The first-order valence-corrected chi connectivity index (χ1v) is 11.0. The number of piperazine rings is 1. The molecule has 1 aliphatic heterocycles. The summed E-state index contributed by atoms with van der Waals surface area (Å²) in [5.74, 6) is 3.12. The fourth-order valence-electron chi connectivity index (χ4n) is 3.23. The third-order valence-electron chi connectivity index (χ3n) is 4.67. The van der Waals surface area contributed by atoms with Crippen molar-refractivity contribution in [3.63, 3.8) is 0 Å². The molecule has 29 heavy (non-hydrogen) atoms. The van der Waals surface area contributed by atoms with Gasteiger partial charge in [-0.05, 0) is 53.5 Å². The van der Waals surface area contributed by atoms with E-state index in [2.05, 4.69) is 41.1 Å².